The van der Waals surface area contributed by atoms with E-state index < -0.39 is 19.9 Å². The normalized spacial score (nSPS) is 16.2. The highest BCUT2D eigenvalue weighted by atomic mass is 32.2. The molecule has 1 heterocycles. The average molecular weight is 448 g/mol. The lowest BCUT2D eigenvalue weighted by molar-refractivity contribution is 0.0643. The first-order valence-electron chi connectivity index (χ1n) is 9.32. The summed E-state index contributed by atoms with van der Waals surface area (Å²) >= 11 is 0. The molecule has 0 spiro atoms. The Morgan fingerprint density at radius 2 is 1.76 bits per heavy atom. The van der Waals surface area contributed by atoms with Crippen molar-refractivity contribution in [2.75, 3.05) is 51.8 Å². The van der Waals surface area contributed by atoms with Crippen LogP contribution in [0.5, 0.6) is 5.75 Å². The van der Waals surface area contributed by atoms with Crippen molar-refractivity contribution in [2.24, 2.45) is 0 Å². The predicted molar refractivity (Wildman–Crippen MR) is 111 cm³/mol. The number of piperazine rings is 1. The fourth-order valence-electron chi connectivity index (χ4n) is 3.05. The lowest BCUT2D eigenvalue weighted by atomic mass is 10.1. The SMILES string of the molecule is COc1ccc(C(=O)N2CCN(CCS(C)(=O)=O)CC2)cc1S(=O)(=O)NC(C)C. The summed E-state index contributed by atoms with van der Waals surface area (Å²) in [6.07, 6.45) is 1.20. The molecule has 1 fully saturated rings. The number of methoxy groups -OCH3 is 1. The number of carbonyl (C=O) groups is 1. The zero-order chi connectivity index (χ0) is 21.8. The first-order chi connectivity index (χ1) is 13.4. The molecule has 1 aromatic rings. The van der Waals surface area contributed by atoms with Crippen molar-refractivity contribution in [3.05, 3.63) is 23.8 Å². The van der Waals surface area contributed by atoms with Crippen LogP contribution in [0.3, 0.4) is 0 Å². The molecule has 1 saturated heterocycles. The van der Waals surface area contributed by atoms with Crippen LogP contribution in [0.25, 0.3) is 0 Å². The van der Waals surface area contributed by atoms with Crippen molar-refractivity contribution in [1.29, 1.82) is 0 Å². The first-order valence-corrected chi connectivity index (χ1v) is 12.9. The van der Waals surface area contributed by atoms with Crippen molar-refractivity contribution < 1.29 is 26.4 Å². The molecule has 1 amide bonds. The van der Waals surface area contributed by atoms with Gasteiger partial charge in [0.25, 0.3) is 5.91 Å². The number of benzene rings is 1. The van der Waals surface area contributed by atoms with E-state index in [1.54, 1.807) is 24.8 Å². The second-order valence-corrected chi connectivity index (χ2v) is 11.3. The molecule has 0 radical (unpaired) electrons. The van der Waals surface area contributed by atoms with E-state index in [2.05, 4.69) is 4.72 Å². The molecular formula is C18H29N3O6S2. The minimum atomic E-state index is -3.83. The number of ether oxygens (including phenoxy) is 1. The van der Waals surface area contributed by atoms with Gasteiger partial charge in [0.05, 0.1) is 12.9 Å². The Morgan fingerprint density at radius 3 is 2.28 bits per heavy atom. The second-order valence-electron chi connectivity index (χ2n) is 7.41. The first kappa shape index (κ1) is 23.6. The fourth-order valence-corrected chi connectivity index (χ4v) is 5.08. The van der Waals surface area contributed by atoms with Crippen LogP contribution in [-0.2, 0) is 19.9 Å². The lowest BCUT2D eigenvalue weighted by Crippen LogP contribution is -2.49. The van der Waals surface area contributed by atoms with Gasteiger partial charge in [0.1, 0.15) is 20.5 Å². The van der Waals surface area contributed by atoms with Crippen molar-refractivity contribution in [3.63, 3.8) is 0 Å². The zero-order valence-electron chi connectivity index (χ0n) is 17.2. The molecule has 1 aliphatic heterocycles. The van der Waals surface area contributed by atoms with Gasteiger partial charge in [0.2, 0.25) is 10.0 Å². The van der Waals surface area contributed by atoms with Crippen molar-refractivity contribution in [2.45, 2.75) is 24.8 Å². The Balaban J connectivity index is 2.13. The summed E-state index contributed by atoms with van der Waals surface area (Å²) in [4.78, 5) is 16.4. The monoisotopic (exact) mass is 447 g/mol. The van der Waals surface area contributed by atoms with Gasteiger partial charge >= 0.3 is 0 Å². The van der Waals surface area contributed by atoms with Crippen LogP contribution in [0.2, 0.25) is 0 Å². The van der Waals surface area contributed by atoms with Crippen molar-refractivity contribution in [1.82, 2.24) is 14.5 Å². The number of nitrogens with one attached hydrogen (secondary N) is 1. The molecule has 0 aromatic heterocycles. The Kier molecular flexibility index (Phi) is 7.66. The minimum Gasteiger partial charge on any atom is -0.495 e. The summed E-state index contributed by atoms with van der Waals surface area (Å²) in [5.41, 5.74) is 0.263. The molecule has 1 aromatic carbocycles. The maximum atomic E-state index is 12.9. The maximum absolute atomic E-state index is 12.9. The number of sulfonamides is 1. The number of rotatable bonds is 8. The average Bonchev–Trinajstić information content (AvgIpc) is 2.64. The molecule has 0 saturated carbocycles. The number of hydrogen-bond acceptors (Lipinski definition) is 7. The van der Waals surface area contributed by atoms with E-state index in [1.165, 1.54) is 25.5 Å². The molecule has 29 heavy (non-hydrogen) atoms. The molecule has 1 N–H and O–H groups in total. The van der Waals surface area contributed by atoms with Crippen LogP contribution >= 0.6 is 0 Å². The van der Waals surface area contributed by atoms with E-state index >= 15 is 0 Å². The van der Waals surface area contributed by atoms with Crippen LogP contribution < -0.4 is 9.46 Å². The number of amides is 1. The van der Waals surface area contributed by atoms with Gasteiger partial charge in [0.15, 0.2) is 0 Å². The topological polar surface area (TPSA) is 113 Å². The molecule has 1 aliphatic rings. The van der Waals surface area contributed by atoms with E-state index in [-0.39, 0.29) is 33.9 Å². The Hall–Kier alpha value is -1.69. The van der Waals surface area contributed by atoms with Gasteiger partial charge < -0.3 is 9.64 Å². The molecule has 0 atom stereocenters. The highest BCUT2D eigenvalue weighted by Gasteiger charge is 2.26. The third-order valence-electron chi connectivity index (χ3n) is 4.53. The number of hydrogen-bond donors (Lipinski definition) is 1. The number of nitrogens with zero attached hydrogens (tertiary/aromatic N) is 2. The second kappa shape index (κ2) is 9.41. The van der Waals surface area contributed by atoms with Crippen molar-refractivity contribution >= 4 is 25.8 Å². The Bertz CT molecular complexity index is 936. The molecular weight excluding hydrogens is 418 g/mol. The van der Waals surface area contributed by atoms with Gasteiger partial charge in [0, 0.05) is 50.6 Å². The minimum absolute atomic E-state index is 0.0775. The Labute approximate surface area is 173 Å². The third-order valence-corrected chi connectivity index (χ3v) is 7.13. The lowest BCUT2D eigenvalue weighted by Gasteiger charge is -2.34. The van der Waals surface area contributed by atoms with Crippen LogP contribution in [0, 0.1) is 0 Å². The van der Waals surface area contributed by atoms with E-state index in [1.807, 2.05) is 4.90 Å². The van der Waals surface area contributed by atoms with Gasteiger partial charge in [-0.05, 0) is 32.0 Å². The Morgan fingerprint density at radius 1 is 1.14 bits per heavy atom. The summed E-state index contributed by atoms with van der Waals surface area (Å²) < 4.78 is 55.5. The summed E-state index contributed by atoms with van der Waals surface area (Å²) in [5, 5.41) is 0. The quantitative estimate of drug-likeness (QED) is 0.605. The highest BCUT2D eigenvalue weighted by Crippen LogP contribution is 2.26. The highest BCUT2D eigenvalue weighted by molar-refractivity contribution is 7.90. The van der Waals surface area contributed by atoms with Crippen molar-refractivity contribution in [3.8, 4) is 5.75 Å². The molecule has 0 aliphatic carbocycles. The predicted octanol–water partition coefficient (Wildman–Crippen LogP) is 0.184. The molecule has 164 valence electrons. The van der Waals surface area contributed by atoms with Crippen LogP contribution in [-0.4, -0.2) is 90.4 Å². The van der Waals surface area contributed by atoms with Crippen LogP contribution in [0.4, 0.5) is 0 Å². The van der Waals surface area contributed by atoms with Gasteiger partial charge in [-0.1, -0.05) is 0 Å². The van der Waals surface area contributed by atoms with Gasteiger partial charge in [-0.3, -0.25) is 9.69 Å². The largest absolute Gasteiger partial charge is 0.495 e. The van der Waals surface area contributed by atoms with E-state index in [0.29, 0.717) is 32.7 Å². The van der Waals surface area contributed by atoms with Gasteiger partial charge in [-0.15, -0.1) is 0 Å². The van der Waals surface area contributed by atoms with Gasteiger partial charge in [-0.2, -0.15) is 0 Å². The third kappa shape index (κ3) is 6.66. The van der Waals surface area contributed by atoms with E-state index in [0.717, 1.165) is 0 Å². The van der Waals surface area contributed by atoms with E-state index in [9.17, 15) is 21.6 Å². The summed E-state index contributed by atoms with van der Waals surface area (Å²) in [6, 6.07) is 4.06. The molecule has 2 rings (SSSR count). The standard InChI is InChI=1S/C18H29N3O6S2/c1-14(2)19-29(25,26)17-13-15(5-6-16(17)27-3)18(22)21-9-7-20(8-10-21)11-12-28(4,23)24/h5-6,13-14,19H,7-12H2,1-4H3. The van der Waals surface area contributed by atoms with Crippen LogP contribution in [0.1, 0.15) is 24.2 Å². The molecule has 0 bridgehead atoms. The fraction of sp³-hybridized carbons (Fsp3) is 0.611. The number of sulfone groups is 1. The molecule has 9 nitrogen and oxygen atoms in total. The molecule has 0 unspecified atom stereocenters. The maximum Gasteiger partial charge on any atom is 0.253 e. The summed E-state index contributed by atoms with van der Waals surface area (Å²) in [6.45, 7) is 5.88. The summed E-state index contributed by atoms with van der Waals surface area (Å²) in [5.74, 6) is -0.0135. The van der Waals surface area contributed by atoms with E-state index in [4.69, 9.17) is 4.74 Å². The number of carbonyl (C=O) groups excluding carboxylic acids is 1. The smallest absolute Gasteiger partial charge is 0.253 e. The van der Waals surface area contributed by atoms with Crippen LogP contribution in [0.15, 0.2) is 23.1 Å². The molecule has 11 heteroatoms. The summed E-state index contributed by atoms with van der Waals surface area (Å²) in [7, 11) is -5.48. The zero-order valence-corrected chi connectivity index (χ0v) is 18.8. The van der Waals surface area contributed by atoms with Gasteiger partial charge in [-0.25, -0.2) is 21.6 Å².